The SMILES string of the molecule is Cc1ccc(NC(=NC(C)(C)C)N(C)Cc2ccccc2)cc1. The molecular formula is C20H27N3. The Morgan fingerprint density at radius 1 is 1.00 bits per heavy atom. The molecule has 0 unspecified atom stereocenters. The fourth-order valence-corrected chi connectivity index (χ4v) is 2.22. The Morgan fingerprint density at radius 2 is 1.61 bits per heavy atom. The van der Waals surface area contributed by atoms with Crippen LogP contribution in [-0.2, 0) is 6.54 Å². The predicted molar refractivity (Wildman–Crippen MR) is 99.9 cm³/mol. The predicted octanol–water partition coefficient (Wildman–Crippen LogP) is 4.69. The van der Waals surface area contributed by atoms with Crippen LogP contribution in [0, 0.1) is 6.92 Å². The summed E-state index contributed by atoms with van der Waals surface area (Å²) in [6.07, 6.45) is 0. The first kappa shape index (κ1) is 17.1. The van der Waals surface area contributed by atoms with Crippen LogP contribution in [0.5, 0.6) is 0 Å². The van der Waals surface area contributed by atoms with Crippen LogP contribution in [0.4, 0.5) is 5.69 Å². The highest BCUT2D eigenvalue weighted by Crippen LogP contribution is 2.14. The average molecular weight is 309 g/mol. The number of nitrogens with one attached hydrogen (secondary N) is 1. The molecule has 0 fully saturated rings. The average Bonchev–Trinajstić information content (AvgIpc) is 2.48. The van der Waals surface area contributed by atoms with Gasteiger partial charge < -0.3 is 10.2 Å². The number of aryl methyl sites for hydroxylation is 1. The highest BCUT2D eigenvalue weighted by atomic mass is 15.3. The molecule has 0 bridgehead atoms. The van der Waals surface area contributed by atoms with E-state index < -0.39 is 0 Å². The molecule has 0 saturated carbocycles. The van der Waals surface area contributed by atoms with Gasteiger partial charge in [-0.2, -0.15) is 0 Å². The van der Waals surface area contributed by atoms with Crippen molar-refractivity contribution in [3.05, 3.63) is 65.7 Å². The van der Waals surface area contributed by atoms with Gasteiger partial charge in [0.1, 0.15) is 0 Å². The molecule has 0 aliphatic heterocycles. The lowest BCUT2D eigenvalue weighted by Gasteiger charge is -2.26. The van der Waals surface area contributed by atoms with E-state index in [4.69, 9.17) is 4.99 Å². The monoisotopic (exact) mass is 309 g/mol. The molecule has 122 valence electrons. The van der Waals surface area contributed by atoms with Crippen LogP contribution in [0.3, 0.4) is 0 Å². The highest BCUT2D eigenvalue weighted by molar-refractivity contribution is 5.93. The molecule has 0 aliphatic rings. The Hall–Kier alpha value is -2.29. The molecule has 3 nitrogen and oxygen atoms in total. The number of guanidine groups is 1. The van der Waals surface area contributed by atoms with Crippen molar-refractivity contribution in [2.45, 2.75) is 39.8 Å². The van der Waals surface area contributed by atoms with Crippen molar-refractivity contribution < 1.29 is 0 Å². The van der Waals surface area contributed by atoms with Crippen LogP contribution < -0.4 is 5.32 Å². The molecule has 23 heavy (non-hydrogen) atoms. The molecule has 0 heterocycles. The summed E-state index contributed by atoms with van der Waals surface area (Å²) >= 11 is 0. The summed E-state index contributed by atoms with van der Waals surface area (Å²) in [6, 6.07) is 18.8. The van der Waals surface area contributed by atoms with E-state index in [0.717, 1.165) is 18.2 Å². The second-order valence-electron chi connectivity index (χ2n) is 6.94. The topological polar surface area (TPSA) is 27.6 Å². The minimum Gasteiger partial charge on any atom is -0.341 e. The van der Waals surface area contributed by atoms with Crippen LogP contribution in [0.25, 0.3) is 0 Å². The maximum absolute atomic E-state index is 4.85. The lowest BCUT2D eigenvalue weighted by molar-refractivity contribution is 0.479. The zero-order valence-electron chi connectivity index (χ0n) is 14.8. The maximum Gasteiger partial charge on any atom is 0.199 e. The number of benzene rings is 2. The summed E-state index contributed by atoms with van der Waals surface area (Å²) in [7, 11) is 2.07. The molecule has 3 heteroatoms. The van der Waals surface area contributed by atoms with Crippen molar-refractivity contribution in [3.8, 4) is 0 Å². The van der Waals surface area contributed by atoms with Crippen molar-refractivity contribution in [1.29, 1.82) is 0 Å². The van der Waals surface area contributed by atoms with E-state index >= 15 is 0 Å². The second kappa shape index (κ2) is 7.32. The Kier molecular flexibility index (Phi) is 5.43. The van der Waals surface area contributed by atoms with Gasteiger partial charge in [-0.25, -0.2) is 4.99 Å². The van der Waals surface area contributed by atoms with E-state index in [1.807, 2.05) is 6.07 Å². The van der Waals surface area contributed by atoms with Gasteiger partial charge in [0, 0.05) is 19.3 Å². The molecule has 2 aromatic rings. The van der Waals surface area contributed by atoms with E-state index in [9.17, 15) is 0 Å². The molecule has 0 saturated heterocycles. The van der Waals surface area contributed by atoms with Gasteiger partial charge in [-0.3, -0.25) is 0 Å². The Balaban J connectivity index is 2.20. The first-order valence-corrected chi connectivity index (χ1v) is 8.02. The molecule has 0 aromatic heterocycles. The van der Waals surface area contributed by atoms with Crippen molar-refractivity contribution in [1.82, 2.24) is 4.90 Å². The van der Waals surface area contributed by atoms with E-state index in [1.54, 1.807) is 0 Å². The smallest absolute Gasteiger partial charge is 0.199 e. The van der Waals surface area contributed by atoms with Gasteiger partial charge in [0.25, 0.3) is 0 Å². The van der Waals surface area contributed by atoms with Crippen molar-refractivity contribution >= 4 is 11.6 Å². The zero-order valence-corrected chi connectivity index (χ0v) is 14.8. The molecule has 0 radical (unpaired) electrons. The van der Waals surface area contributed by atoms with Gasteiger partial charge in [0.15, 0.2) is 5.96 Å². The zero-order chi connectivity index (χ0) is 16.9. The summed E-state index contributed by atoms with van der Waals surface area (Å²) in [4.78, 5) is 7.01. The van der Waals surface area contributed by atoms with Crippen molar-refractivity contribution in [3.63, 3.8) is 0 Å². The van der Waals surface area contributed by atoms with E-state index in [-0.39, 0.29) is 5.54 Å². The van der Waals surface area contributed by atoms with Crippen LogP contribution in [-0.4, -0.2) is 23.4 Å². The molecule has 0 aliphatic carbocycles. The number of nitrogens with zero attached hydrogens (tertiary/aromatic N) is 2. The molecular weight excluding hydrogens is 282 g/mol. The summed E-state index contributed by atoms with van der Waals surface area (Å²) in [5.74, 6) is 0.880. The fourth-order valence-electron chi connectivity index (χ4n) is 2.22. The Labute approximate surface area is 140 Å². The third kappa shape index (κ3) is 5.78. The van der Waals surface area contributed by atoms with E-state index in [0.29, 0.717) is 0 Å². The second-order valence-corrected chi connectivity index (χ2v) is 6.94. The van der Waals surface area contributed by atoms with Crippen LogP contribution in [0.15, 0.2) is 59.6 Å². The van der Waals surface area contributed by atoms with Crippen LogP contribution in [0.2, 0.25) is 0 Å². The highest BCUT2D eigenvalue weighted by Gasteiger charge is 2.14. The van der Waals surface area contributed by atoms with E-state index in [1.165, 1.54) is 11.1 Å². The minimum atomic E-state index is -0.141. The lowest BCUT2D eigenvalue weighted by atomic mass is 10.1. The summed E-state index contributed by atoms with van der Waals surface area (Å²) in [5, 5.41) is 3.46. The largest absolute Gasteiger partial charge is 0.341 e. The Morgan fingerprint density at radius 3 is 2.17 bits per heavy atom. The number of rotatable bonds is 3. The standard InChI is InChI=1S/C20H27N3/c1-16-11-13-18(14-12-16)21-19(22-20(2,3)4)23(5)15-17-9-7-6-8-10-17/h6-14H,15H2,1-5H3,(H,21,22). The summed E-state index contributed by atoms with van der Waals surface area (Å²) in [6.45, 7) is 9.24. The molecule has 0 amide bonds. The molecule has 1 N–H and O–H groups in total. The van der Waals surface area contributed by atoms with Crippen LogP contribution in [0.1, 0.15) is 31.9 Å². The maximum atomic E-state index is 4.85. The first-order chi connectivity index (χ1) is 10.8. The van der Waals surface area contributed by atoms with Gasteiger partial charge in [-0.15, -0.1) is 0 Å². The third-order valence-electron chi connectivity index (χ3n) is 3.37. The number of hydrogen-bond acceptors (Lipinski definition) is 1. The number of hydrogen-bond donors (Lipinski definition) is 1. The minimum absolute atomic E-state index is 0.141. The number of aliphatic imine (C=N–C) groups is 1. The van der Waals surface area contributed by atoms with Gasteiger partial charge in [-0.1, -0.05) is 48.0 Å². The summed E-state index contributed by atoms with van der Waals surface area (Å²) in [5.41, 5.74) is 3.43. The molecule has 2 rings (SSSR count). The first-order valence-electron chi connectivity index (χ1n) is 8.02. The van der Waals surface area contributed by atoms with Crippen molar-refractivity contribution in [2.75, 3.05) is 12.4 Å². The molecule has 2 aromatic carbocycles. The van der Waals surface area contributed by atoms with Gasteiger partial charge in [0.05, 0.1) is 5.54 Å². The van der Waals surface area contributed by atoms with E-state index in [2.05, 4.69) is 93.5 Å². The normalized spacial score (nSPS) is 12.1. The van der Waals surface area contributed by atoms with Crippen LogP contribution >= 0.6 is 0 Å². The summed E-state index contributed by atoms with van der Waals surface area (Å²) < 4.78 is 0. The molecule has 0 atom stereocenters. The van der Waals surface area contributed by atoms with Gasteiger partial charge >= 0.3 is 0 Å². The fraction of sp³-hybridized carbons (Fsp3) is 0.350. The quantitative estimate of drug-likeness (QED) is 0.658. The third-order valence-corrected chi connectivity index (χ3v) is 3.37. The molecule has 0 spiro atoms. The van der Waals surface area contributed by atoms with Crippen molar-refractivity contribution in [2.24, 2.45) is 4.99 Å². The Bertz CT molecular complexity index is 637. The van der Waals surface area contributed by atoms with Gasteiger partial charge in [-0.05, 0) is 45.4 Å². The number of anilines is 1. The lowest BCUT2D eigenvalue weighted by Crippen LogP contribution is -2.35. The van der Waals surface area contributed by atoms with Gasteiger partial charge in [0.2, 0.25) is 0 Å².